The van der Waals surface area contributed by atoms with Crippen molar-refractivity contribution in [3.63, 3.8) is 0 Å². The van der Waals surface area contributed by atoms with Crippen LogP contribution in [0.15, 0.2) is 36.4 Å². The number of hydrogen-bond donors (Lipinski definition) is 0. The highest BCUT2D eigenvalue weighted by Crippen LogP contribution is 2.52. The maximum atomic E-state index is 13.1. The van der Waals surface area contributed by atoms with Crippen LogP contribution in [0.2, 0.25) is 0 Å². The molecular formula is C20H23NO4. The van der Waals surface area contributed by atoms with Gasteiger partial charge in [0.05, 0.1) is 25.2 Å². The number of rotatable bonds is 5. The molecule has 3 heterocycles. The van der Waals surface area contributed by atoms with Crippen LogP contribution in [0.25, 0.3) is 0 Å². The van der Waals surface area contributed by atoms with E-state index in [1.54, 1.807) is 4.90 Å². The van der Waals surface area contributed by atoms with Gasteiger partial charge in [-0.2, -0.15) is 0 Å². The predicted octanol–water partition coefficient (Wildman–Crippen LogP) is 2.49. The Morgan fingerprint density at radius 2 is 2.08 bits per heavy atom. The van der Waals surface area contributed by atoms with Crippen LogP contribution >= 0.6 is 0 Å². The standard InChI is InChI=1S/C20H23NO4/c1-3-11-24-19(23)16-15-9-10-20(25-15)12-21(18(22)17(16)20)14-7-5-13(4-2)6-8-14/h5-10,15-17H,3-4,11-12H2,1-2H3/t15-,16+,17+,20+/m1/s1. The summed E-state index contributed by atoms with van der Waals surface area (Å²) in [5.74, 6) is -1.39. The fraction of sp³-hybridized carbons (Fsp3) is 0.500. The molecule has 3 aliphatic rings. The van der Waals surface area contributed by atoms with Crippen LogP contribution in [0.5, 0.6) is 0 Å². The molecule has 4 atom stereocenters. The maximum Gasteiger partial charge on any atom is 0.312 e. The minimum Gasteiger partial charge on any atom is -0.465 e. The van der Waals surface area contributed by atoms with Gasteiger partial charge in [-0.15, -0.1) is 0 Å². The maximum absolute atomic E-state index is 13.1. The quantitative estimate of drug-likeness (QED) is 0.610. The van der Waals surface area contributed by atoms with E-state index in [-0.39, 0.29) is 18.0 Å². The van der Waals surface area contributed by atoms with Crippen molar-refractivity contribution in [2.24, 2.45) is 11.8 Å². The molecule has 0 N–H and O–H groups in total. The van der Waals surface area contributed by atoms with Gasteiger partial charge in [-0.3, -0.25) is 9.59 Å². The SMILES string of the molecule is CCCOC(=O)[C@@H]1[C@H]2C(=O)N(c3ccc(CC)cc3)C[C@@]23C=C[C@H]1O3. The van der Waals surface area contributed by atoms with Gasteiger partial charge < -0.3 is 14.4 Å². The van der Waals surface area contributed by atoms with E-state index in [2.05, 4.69) is 6.92 Å². The Morgan fingerprint density at radius 1 is 1.32 bits per heavy atom. The summed E-state index contributed by atoms with van der Waals surface area (Å²) in [5, 5.41) is 0. The highest BCUT2D eigenvalue weighted by molar-refractivity contribution is 6.02. The minimum atomic E-state index is -0.693. The third-order valence-corrected chi connectivity index (χ3v) is 5.48. The second-order valence-electron chi connectivity index (χ2n) is 7.01. The van der Waals surface area contributed by atoms with Crippen LogP contribution in [0.1, 0.15) is 25.8 Å². The number of amides is 1. The Bertz CT molecular complexity index is 726. The molecule has 5 heteroatoms. The highest BCUT2D eigenvalue weighted by atomic mass is 16.6. The Hall–Kier alpha value is -2.14. The minimum absolute atomic E-state index is 0.0467. The van der Waals surface area contributed by atoms with E-state index in [1.165, 1.54) is 5.56 Å². The molecule has 3 aliphatic heterocycles. The monoisotopic (exact) mass is 341 g/mol. The molecule has 0 radical (unpaired) electrons. The molecule has 5 nitrogen and oxygen atoms in total. The molecular weight excluding hydrogens is 318 g/mol. The van der Waals surface area contributed by atoms with Crippen LogP contribution < -0.4 is 4.90 Å². The van der Waals surface area contributed by atoms with E-state index in [4.69, 9.17) is 9.47 Å². The zero-order chi connectivity index (χ0) is 17.6. The number of ether oxygens (including phenoxy) is 2. The lowest BCUT2D eigenvalue weighted by Crippen LogP contribution is -2.40. The van der Waals surface area contributed by atoms with E-state index < -0.39 is 17.4 Å². The Morgan fingerprint density at radius 3 is 2.76 bits per heavy atom. The van der Waals surface area contributed by atoms with Crippen LogP contribution in [0.3, 0.4) is 0 Å². The first-order valence-electron chi connectivity index (χ1n) is 9.04. The number of fused-ring (bicyclic) bond motifs is 1. The van der Waals surface area contributed by atoms with Crippen molar-refractivity contribution in [2.75, 3.05) is 18.1 Å². The Labute approximate surface area is 147 Å². The molecule has 4 rings (SSSR count). The van der Waals surface area contributed by atoms with Gasteiger partial charge in [-0.05, 0) is 30.5 Å². The van der Waals surface area contributed by atoms with E-state index in [0.717, 1.165) is 18.5 Å². The van der Waals surface area contributed by atoms with Gasteiger partial charge in [-0.1, -0.05) is 38.1 Å². The second-order valence-corrected chi connectivity index (χ2v) is 7.01. The third kappa shape index (κ3) is 2.41. The summed E-state index contributed by atoms with van der Waals surface area (Å²) in [5.41, 5.74) is 1.39. The average molecular weight is 341 g/mol. The van der Waals surface area contributed by atoms with Crippen molar-refractivity contribution in [2.45, 2.75) is 38.4 Å². The fourth-order valence-electron chi connectivity index (χ4n) is 4.20. The number of esters is 1. The van der Waals surface area contributed by atoms with Gasteiger partial charge in [-0.25, -0.2) is 0 Å². The van der Waals surface area contributed by atoms with Crippen LogP contribution in [-0.4, -0.2) is 36.7 Å². The molecule has 2 saturated heterocycles. The molecule has 1 aromatic rings. The Kier molecular flexibility index (Phi) is 3.91. The van der Waals surface area contributed by atoms with Crippen molar-refractivity contribution >= 4 is 17.6 Å². The lowest BCUT2D eigenvalue weighted by Gasteiger charge is -2.22. The summed E-state index contributed by atoms with van der Waals surface area (Å²) in [6, 6.07) is 8.01. The lowest BCUT2D eigenvalue weighted by atomic mass is 9.77. The first-order chi connectivity index (χ1) is 12.1. The van der Waals surface area contributed by atoms with E-state index >= 15 is 0 Å². The van der Waals surface area contributed by atoms with Crippen LogP contribution in [0, 0.1) is 11.8 Å². The van der Waals surface area contributed by atoms with Crippen molar-refractivity contribution in [1.29, 1.82) is 0 Å². The molecule has 0 aromatic heterocycles. The largest absolute Gasteiger partial charge is 0.465 e. The number of benzene rings is 1. The van der Waals surface area contributed by atoms with Gasteiger partial charge in [0.15, 0.2) is 0 Å². The summed E-state index contributed by atoms with van der Waals surface area (Å²) in [7, 11) is 0. The van der Waals surface area contributed by atoms with Gasteiger partial charge in [0.2, 0.25) is 5.91 Å². The molecule has 0 unspecified atom stereocenters. The topological polar surface area (TPSA) is 55.8 Å². The molecule has 132 valence electrons. The predicted molar refractivity (Wildman–Crippen MR) is 93.1 cm³/mol. The molecule has 1 spiro atoms. The van der Waals surface area contributed by atoms with E-state index in [0.29, 0.717) is 13.2 Å². The highest BCUT2D eigenvalue weighted by Gasteiger charge is 2.67. The summed E-state index contributed by atoms with van der Waals surface area (Å²) >= 11 is 0. The van der Waals surface area contributed by atoms with Crippen molar-refractivity contribution < 1.29 is 19.1 Å². The van der Waals surface area contributed by atoms with Gasteiger partial charge >= 0.3 is 5.97 Å². The summed E-state index contributed by atoms with van der Waals surface area (Å²) in [4.78, 5) is 27.4. The van der Waals surface area contributed by atoms with Gasteiger partial charge in [0, 0.05) is 5.69 Å². The van der Waals surface area contributed by atoms with Crippen molar-refractivity contribution in [1.82, 2.24) is 0 Å². The number of aryl methyl sites for hydroxylation is 1. The zero-order valence-corrected chi connectivity index (χ0v) is 14.6. The number of nitrogens with zero attached hydrogens (tertiary/aromatic N) is 1. The van der Waals surface area contributed by atoms with E-state index in [9.17, 15) is 9.59 Å². The van der Waals surface area contributed by atoms with Crippen LogP contribution in [-0.2, 0) is 25.5 Å². The molecule has 0 saturated carbocycles. The number of hydrogen-bond acceptors (Lipinski definition) is 4. The summed E-state index contributed by atoms with van der Waals surface area (Å²) in [6.07, 6.45) is 5.25. The Balaban J connectivity index is 1.61. The molecule has 1 amide bonds. The van der Waals surface area contributed by atoms with Gasteiger partial charge in [0.1, 0.15) is 11.5 Å². The average Bonchev–Trinajstić information content (AvgIpc) is 3.28. The normalized spacial score (nSPS) is 32.3. The first-order valence-corrected chi connectivity index (χ1v) is 9.04. The molecule has 2 fully saturated rings. The number of anilines is 1. The number of carbonyl (C=O) groups excluding carboxylic acids is 2. The summed E-state index contributed by atoms with van der Waals surface area (Å²) < 4.78 is 11.4. The molecule has 25 heavy (non-hydrogen) atoms. The number of carbonyl (C=O) groups is 2. The second kappa shape index (κ2) is 5.99. The van der Waals surface area contributed by atoms with E-state index in [1.807, 2.05) is 43.3 Å². The first kappa shape index (κ1) is 16.3. The lowest BCUT2D eigenvalue weighted by molar-refractivity contribution is -0.152. The molecule has 1 aromatic carbocycles. The summed E-state index contributed by atoms with van der Waals surface area (Å²) in [6.45, 7) is 4.88. The molecule has 0 aliphatic carbocycles. The van der Waals surface area contributed by atoms with Crippen molar-refractivity contribution in [3.8, 4) is 0 Å². The third-order valence-electron chi connectivity index (χ3n) is 5.48. The molecule has 2 bridgehead atoms. The fourth-order valence-corrected chi connectivity index (χ4v) is 4.20. The van der Waals surface area contributed by atoms with Gasteiger partial charge in [0.25, 0.3) is 0 Å². The zero-order valence-electron chi connectivity index (χ0n) is 14.6. The smallest absolute Gasteiger partial charge is 0.312 e. The van der Waals surface area contributed by atoms with Crippen molar-refractivity contribution in [3.05, 3.63) is 42.0 Å². The van der Waals surface area contributed by atoms with Crippen LogP contribution in [0.4, 0.5) is 5.69 Å².